The molecule has 200 valence electrons. The van der Waals surface area contributed by atoms with Gasteiger partial charge in [0, 0.05) is 13.2 Å². The second-order valence-electron chi connectivity index (χ2n) is 10.4. The summed E-state index contributed by atoms with van der Waals surface area (Å²) in [5.74, 6) is 0. The molecule has 0 rings (SSSR count). The second-order valence-corrected chi connectivity index (χ2v) is 10.4. The maximum Gasteiger partial charge on any atom is 0.0799 e. The molecule has 2 unspecified atom stereocenters. The predicted molar refractivity (Wildman–Crippen MR) is 145 cm³/mol. The molecule has 0 aliphatic rings. The molecule has 0 bridgehead atoms. The molecule has 0 aliphatic heterocycles. The van der Waals surface area contributed by atoms with Gasteiger partial charge in [0.2, 0.25) is 0 Å². The zero-order valence-electron chi connectivity index (χ0n) is 22.8. The van der Waals surface area contributed by atoms with E-state index < -0.39 is 12.2 Å². The number of ether oxygens (including phenoxy) is 1. The molecule has 0 aromatic rings. The fraction of sp³-hybridized carbons (Fsp3) is 1.00. The Kier molecular flexibility index (Phi) is 28.0. The summed E-state index contributed by atoms with van der Waals surface area (Å²) < 4.78 is 5.79. The van der Waals surface area contributed by atoms with Crippen LogP contribution in [0.2, 0.25) is 0 Å². The highest BCUT2D eigenvalue weighted by Gasteiger charge is 2.15. The molecule has 0 amide bonds. The van der Waals surface area contributed by atoms with Crippen LogP contribution in [0.3, 0.4) is 0 Å². The fourth-order valence-corrected chi connectivity index (χ4v) is 4.58. The van der Waals surface area contributed by atoms with Crippen LogP contribution >= 0.6 is 0 Å². The van der Waals surface area contributed by atoms with Crippen LogP contribution in [-0.4, -0.2) is 35.6 Å². The monoisotopic (exact) mass is 470 g/mol. The van der Waals surface area contributed by atoms with Crippen molar-refractivity contribution < 1.29 is 14.9 Å². The number of unbranched alkanes of at least 4 members (excludes halogenated alkanes) is 19. The number of hydrogen-bond donors (Lipinski definition) is 2. The summed E-state index contributed by atoms with van der Waals surface area (Å²) in [5, 5.41) is 20.2. The van der Waals surface area contributed by atoms with Crippen molar-refractivity contribution >= 4 is 0 Å². The van der Waals surface area contributed by atoms with Crippen molar-refractivity contribution in [3.8, 4) is 0 Å². The van der Waals surface area contributed by atoms with Crippen molar-refractivity contribution in [2.45, 2.75) is 180 Å². The van der Waals surface area contributed by atoms with Crippen LogP contribution in [0.4, 0.5) is 0 Å². The highest BCUT2D eigenvalue weighted by Crippen LogP contribution is 2.15. The van der Waals surface area contributed by atoms with Gasteiger partial charge in [0.25, 0.3) is 0 Å². The minimum Gasteiger partial charge on any atom is -0.390 e. The number of rotatable bonds is 28. The Morgan fingerprint density at radius 2 is 0.667 bits per heavy atom. The van der Waals surface area contributed by atoms with Gasteiger partial charge >= 0.3 is 0 Å². The first kappa shape index (κ1) is 32.9. The molecule has 0 fully saturated rings. The normalized spacial score (nSPS) is 13.5. The van der Waals surface area contributed by atoms with E-state index in [1.807, 2.05) is 0 Å². The standard InChI is InChI=1S/C30H62O3/c1-3-5-7-9-11-12-13-15-19-23-27-33-28-24-20-16-14-18-22-26-30(32)29(31)25-21-17-10-8-6-4-2/h29-32H,3-28H2,1-2H3. The molecule has 0 saturated carbocycles. The van der Waals surface area contributed by atoms with Gasteiger partial charge in [-0.2, -0.15) is 0 Å². The molecule has 33 heavy (non-hydrogen) atoms. The highest BCUT2D eigenvalue weighted by molar-refractivity contribution is 4.67. The van der Waals surface area contributed by atoms with Crippen LogP contribution in [0.15, 0.2) is 0 Å². The molecule has 0 radical (unpaired) electrons. The minimum absolute atomic E-state index is 0.524. The average Bonchev–Trinajstić information content (AvgIpc) is 2.82. The lowest BCUT2D eigenvalue weighted by atomic mass is 9.99. The summed E-state index contributed by atoms with van der Waals surface area (Å²) in [4.78, 5) is 0. The molecule has 0 heterocycles. The summed E-state index contributed by atoms with van der Waals surface area (Å²) in [7, 11) is 0. The van der Waals surface area contributed by atoms with E-state index in [0.29, 0.717) is 0 Å². The Bertz CT molecular complexity index is 347. The Balaban J connectivity index is 3.21. The molecule has 0 aromatic heterocycles. The molecular formula is C30H62O3. The third-order valence-corrected chi connectivity index (χ3v) is 6.98. The van der Waals surface area contributed by atoms with Crippen LogP contribution < -0.4 is 0 Å². The molecule has 3 heteroatoms. The van der Waals surface area contributed by atoms with Gasteiger partial charge in [-0.05, 0) is 25.7 Å². The van der Waals surface area contributed by atoms with Crippen molar-refractivity contribution in [1.82, 2.24) is 0 Å². The van der Waals surface area contributed by atoms with Gasteiger partial charge in [-0.15, -0.1) is 0 Å². The topological polar surface area (TPSA) is 49.7 Å². The van der Waals surface area contributed by atoms with Gasteiger partial charge < -0.3 is 14.9 Å². The predicted octanol–water partition coefficient (Wildman–Crippen LogP) is 9.13. The van der Waals surface area contributed by atoms with Gasteiger partial charge in [-0.3, -0.25) is 0 Å². The quantitative estimate of drug-likeness (QED) is 0.112. The summed E-state index contributed by atoms with van der Waals surface area (Å²) in [6.07, 6.45) is 28.8. The largest absolute Gasteiger partial charge is 0.390 e. The zero-order valence-corrected chi connectivity index (χ0v) is 22.8. The van der Waals surface area contributed by atoms with Crippen molar-refractivity contribution in [2.24, 2.45) is 0 Å². The molecule has 0 saturated heterocycles. The Hall–Kier alpha value is -0.120. The van der Waals surface area contributed by atoms with E-state index in [4.69, 9.17) is 4.74 Å². The maximum absolute atomic E-state index is 10.1. The molecule has 3 nitrogen and oxygen atoms in total. The van der Waals surface area contributed by atoms with Crippen LogP contribution in [0.25, 0.3) is 0 Å². The van der Waals surface area contributed by atoms with E-state index in [0.717, 1.165) is 38.9 Å². The smallest absolute Gasteiger partial charge is 0.0799 e. The van der Waals surface area contributed by atoms with E-state index in [-0.39, 0.29) is 0 Å². The van der Waals surface area contributed by atoms with Gasteiger partial charge in [-0.25, -0.2) is 0 Å². The Morgan fingerprint density at radius 3 is 1.00 bits per heavy atom. The number of hydrogen-bond acceptors (Lipinski definition) is 3. The van der Waals surface area contributed by atoms with E-state index in [2.05, 4.69) is 13.8 Å². The first-order valence-corrected chi connectivity index (χ1v) is 15.2. The Labute approximate surface area is 208 Å². The zero-order chi connectivity index (χ0) is 24.2. The minimum atomic E-state index is -0.528. The lowest BCUT2D eigenvalue weighted by molar-refractivity contribution is 0.00711. The first-order chi connectivity index (χ1) is 16.2. The molecular weight excluding hydrogens is 408 g/mol. The first-order valence-electron chi connectivity index (χ1n) is 15.2. The lowest BCUT2D eigenvalue weighted by Crippen LogP contribution is -2.25. The van der Waals surface area contributed by atoms with Crippen molar-refractivity contribution in [2.75, 3.05) is 13.2 Å². The van der Waals surface area contributed by atoms with Crippen molar-refractivity contribution in [3.63, 3.8) is 0 Å². The fourth-order valence-electron chi connectivity index (χ4n) is 4.58. The van der Waals surface area contributed by atoms with Crippen LogP contribution in [0, 0.1) is 0 Å². The van der Waals surface area contributed by atoms with Crippen LogP contribution in [0.5, 0.6) is 0 Å². The van der Waals surface area contributed by atoms with Crippen molar-refractivity contribution in [3.05, 3.63) is 0 Å². The number of aliphatic hydroxyl groups excluding tert-OH is 2. The van der Waals surface area contributed by atoms with E-state index in [1.165, 1.54) is 128 Å². The van der Waals surface area contributed by atoms with E-state index >= 15 is 0 Å². The maximum atomic E-state index is 10.1. The van der Waals surface area contributed by atoms with Crippen LogP contribution in [-0.2, 0) is 4.74 Å². The van der Waals surface area contributed by atoms with Gasteiger partial charge in [-0.1, -0.05) is 142 Å². The Morgan fingerprint density at radius 1 is 0.394 bits per heavy atom. The molecule has 2 atom stereocenters. The van der Waals surface area contributed by atoms with E-state index in [1.54, 1.807) is 0 Å². The highest BCUT2D eigenvalue weighted by atomic mass is 16.5. The van der Waals surface area contributed by atoms with E-state index in [9.17, 15) is 10.2 Å². The summed E-state index contributed by atoms with van der Waals surface area (Å²) in [5.41, 5.74) is 0. The molecule has 0 spiro atoms. The summed E-state index contributed by atoms with van der Waals surface area (Å²) in [6.45, 7) is 6.37. The SMILES string of the molecule is CCCCCCCCCCCCOCCCCCCCCC(O)C(O)CCCCCCCC. The van der Waals surface area contributed by atoms with Gasteiger partial charge in [0.15, 0.2) is 0 Å². The lowest BCUT2D eigenvalue weighted by Gasteiger charge is -2.17. The van der Waals surface area contributed by atoms with Gasteiger partial charge in [0.1, 0.15) is 0 Å². The third kappa shape index (κ3) is 26.3. The summed E-state index contributed by atoms with van der Waals surface area (Å²) >= 11 is 0. The molecule has 0 aromatic carbocycles. The second kappa shape index (κ2) is 28.1. The molecule has 0 aliphatic carbocycles. The number of aliphatic hydroxyl groups is 2. The average molecular weight is 471 g/mol. The van der Waals surface area contributed by atoms with Gasteiger partial charge in [0.05, 0.1) is 12.2 Å². The third-order valence-electron chi connectivity index (χ3n) is 6.98. The van der Waals surface area contributed by atoms with Crippen molar-refractivity contribution in [1.29, 1.82) is 0 Å². The molecule has 2 N–H and O–H groups in total. The summed E-state index contributed by atoms with van der Waals surface area (Å²) in [6, 6.07) is 0. The van der Waals surface area contributed by atoms with Crippen LogP contribution in [0.1, 0.15) is 168 Å².